The summed E-state index contributed by atoms with van der Waals surface area (Å²) in [5.74, 6) is -2.59. The third-order valence-corrected chi connectivity index (χ3v) is 1.75. The van der Waals surface area contributed by atoms with Crippen LogP contribution >= 0.6 is 0 Å². The molecule has 92 valence electrons. The molecule has 0 radical (unpaired) electrons. The van der Waals surface area contributed by atoms with Crippen LogP contribution in [0.3, 0.4) is 0 Å². The second-order valence-corrected chi connectivity index (χ2v) is 3.12. The van der Waals surface area contributed by atoms with Gasteiger partial charge >= 0.3 is 18.0 Å². The topological polar surface area (TPSA) is 133 Å². The molecule has 1 atom stereocenters. The zero-order valence-electron chi connectivity index (χ0n) is 8.84. The molecule has 0 aromatic heterocycles. The molecule has 0 saturated carbocycles. The number of urea groups is 1. The van der Waals surface area contributed by atoms with E-state index in [1.807, 2.05) is 0 Å². The van der Waals surface area contributed by atoms with Gasteiger partial charge in [0.2, 0.25) is 0 Å². The second-order valence-electron chi connectivity index (χ2n) is 3.12. The Kier molecular flexibility index (Phi) is 5.86. The van der Waals surface area contributed by atoms with Gasteiger partial charge in [-0.1, -0.05) is 6.92 Å². The predicted octanol–water partition coefficient (Wildman–Crippen LogP) is -0.790. The molecule has 0 bridgehead atoms. The average Bonchev–Trinajstić information content (AvgIpc) is 2.12. The summed E-state index contributed by atoms with van der Waals surface area (Å²) in [6.45, 7) is 1.96. The van der Waals surface area contributed by atoms with Crippen molar-refractivity contribution in [3.8, 4) is 0 Å². The van der Waals surface area contributed by atoms with Crippen molar-refractivity contribution in [3.05, 3.63) is 0 Å². The number of carbonyl (C=O) groups excluding carboxylic acids is 1. The van der Waals surface area contributed by atoms with Crippen LogP contribution in [0.1, 0.15) is 19.8 Å². The first-order chi connectivity index (χ1) is 7.38. The summed E-state index contributed by atoms with van der Waals surface area (Å²) in [6, 6.07) is -2.25. The van der Waals surface area contributed by atoms with Crippen LogP contribution < -0.4 is 11.2 Å². The van der Waals surface area contributed by atoms with E-state index in [0.717, 1.165) is 5.01 Å². The molecule has 8 nitrogen and oxygen atoms in total. The molecule has 5 N–H and O–H groups in total. The fraction of sp³-hybridized carbons (Fsp3) is 0.625. The number of nitrogens with zero attached hydrogens (tertiary/aromatic N) is 1. The molecule has 16 heavy (non-hydrogen) atoms. The van der Waals surface area contributed by atoms with Crippen molar-refractivity contribution in [3.63, 3.8) is 0 Å². The van der Waals surface area contributed by atoms with Crippen molar-refractivity contribution in [1.29, 1.82) is 0 Å². The molecule has 0 heterocycles. The summed E-state index contributed by atoms with van der Waals surface area (Å²) in [6.07, 6.45) is -0.0701. The molecular weight excluding hydrogens is 218 g/mol. The maximum absolute atomic E-state index is 10.8. The number of hydrogen-bond donors (Lipinski definition) is 4. The Hall–Kier alpha value is -1.83. The highest BCUT2D eigenvalue weighted by Crippen LogP contribution is 2.03. The Morgan fingerprint density at radius 3 is 2.25 bits per heavy atom. The Balaban J connectivity index is 4.70. The molecule has 0 aromatic carbocycles. The molecule has 0 aliphatic rings. The van der Waals surface area contributed by atoms with Crippen LogP contribution in [-0.4, -0.2) is 45.8 Å². The minimum absolute atomic E-state index is 0.202. The maximum Gasteiger partial charge on any atom is 0.326 e. The molecule has 2 amide bonds. The lowest BCUT2D eigenvalue weighted by Crippen LogP contribution is -2.54. The molecule has 8 heteroatoms. The summed E-state index contributed by atoms with van der Waals surface area (Å²) < 4.78 is 0. The van der Waals surface area contributed by atoms with Gasteiger partial charge in [-0.2, -0.15) is 0 Å². The normalized spacial score (nSPS) is 12.1. The highest BCUT2D eigenvalue weighted by molar-refractivity contribution is 5.81. The van der Waals surface area contributed by atoms with E-state index in [1.54, 1.807) is 6.92 Å². The number of primary amides is 1. The lowest BCUT2D eigenvalue weighted by atomic mass is 10.2. The minimum atomic E-state index is -1.33. The number of hydrazine groups is 1. The first kappa shape index (κ1) is 14.2. The highest BCUT2D eigenvalue weighted by atomic mass is 16.4. The molecule has 0 spiro atoms. The fourth-order valence-electron chi connectivity index (χ4n) is 1.17. The number of nitrogens with one attached hydrogen (secondary N) is 1. The fourth-order valence-corrected chi connectivity index (χ4v) is 1.17. The molecule has 0 aliphatic heterocycles. The van der Waals surface area contributed by atoms with Gasteiger partial charge in [-0.05, 0) is 6.42 Å². The highest BCUT2D eigenvalue weighted by Gasteiger charge is 2.28. The number of rotatable bonds is 7. The zero-order valence-corrected chi connectivity index (χ0v) is 8.84. The van der Waals surface area contributed by atoms with E-state index in [1.165, 1.54) is 0 Å². The number of hydrogen-bond acceptors (Lipinski definition) is 4. The van der Waals surface area contributed by atoms with E-state index in [-0.39, 0.29) is 6.54 Å². The van der Waals surface area contributed by atoms with Crippen molar-refractivity contribution in [2.45, 2.75) is 25.8 Å². The van der Waals surface area contributed by atoms with Crippen LogP contribution in [-0.2, 0) is 9.59 Å². The number of carboxylic acids is 2. The molecule has 0 fully saturated rings. The summed E-state index contributed by atoms with van der Waals surface area (Å²) in [7, 11) is 0. The third-order valence-electron chi connectivity index (χ3n) is 1.75. The van der Waals surface area contributed by atoms with E-state index in [2.05, 4.69) is 5.43 Å². The number of carboxylic acid groups (broad SMARTS) is 2. The summed E-state index contributed by atoms with van der Waals surface area (Å²) in [4.78, 5) is 31.9. The van der Waals surface area contributed by atoms with Gasteiger partial charge in [-0.25, -0.2) is 9.80 Å². The van der Waals surface area contributed by atoms with E-state index in [0.29, 0.717) is 6.42 Å². The van der Waals surface area contributed by atoms with Crippen molar-refractivity contribution in [1.82, 2.24) is 10.4 Å². The first-order valence-corrected chi connectivity index (χ1v) is 4.65. The molecule has 0 unspecified atom stereocenters. The second kappa shape index (κ2) is 6.62. The van der Waals surface area contributed by atoms with E-state index < -0.39 is 30.4 Å². The minimum Gasteiger partial charge on any atom is -0.481 e. The Bertz CT molecular complexity index is 281. The molecular formula is C8H15N3O5. The van der Waals surface area contributed by atoms with Gasteiger partial charge in [-0.3, -0.25) is 15.0 Å². The summed E-state index contributed by atoms with van der Waals surface area (Å²) >= 11 is 0. The van der Waals surface area contributed by atoms with Crippen LogP contribution in [0.25, 0.3) is 0 Å². The van der Waals surface area contributed by atoms with Gasteiger partial charge < -0.3 is 15.9 Å². The van der Waals surface area contributed by atoms with Crippen LogP contribution in [0.5, 0.6) is 0 Å². The zero-order chi connectivity index (χ0) is 12.7. The first-order valence-electron chi connectivity index (χ1n) is 4.65. The standard InChI is InChI=1S/C8H15N3O5/c1-2-3-11(10-8(9)16)5(7(14)15)4-6(12)13/h5H,2-4H2,1H3,(H,12,13)(H,14,15)(H3,9,10,16)/t5-/m0/s1. The SMILES string of the molecule is CCCN(NC(N)=O)[C@@H](CC(=O)O)C(=O)O. The number of aliphatic carboxylic acids is 2. The Morgan fingerprint density at radius 1 is 1.38 bits per heavy atom. The number of nitrogens with two attached hydrogens (primary N) is 1. The van der Waals surface area contributed by atoms with E-state index >= 15 is 0 Å². The van der Waals surface area contributed by atoms with Crippen LogP contribution in [0.15, 0.2) is 0 Å². The van der Waals surface area contributed by atoms with Gasteiger partial charge in [-0.15, -0.1) is 0 Å². The predicted molar refractivity (Wildman–Crippen MR) is 53.4 cm³/mol. The number of carbonyl (C=O) groups is 3. The van der Waals surface area contributed by atoms with E-state index in [4.69, 9.17) is 15.9 Å². The number of amides is 2. The van der Waals surface area contributed by atoms with Gasteiger partial charge in [0.25, 0.3) is 0 Å². The van der Waals surface area contributed by atoms with Crippen molar-refractivity contribution in [2.75, 3.05) is 6.54 Å². The lowest BCUT2D eigenvalue weighted by Gasteiger charge is -2.26. The summed E-state index contributed by atoms with van der Waals surface area (Å²) in [5, 5.41) is 18.4. The lowest BCUT2D eigenvalue weighted by molar-refractivity contribution is -0.150. The van der Waals surface area contributed by atoms with Gasteiger partial charge in [0, 0.05) is 6.54 Å². The van der Waals surface area contributed by atoms with Crippen LogP contribution in [0.2, 0.25) is 0 Å². The van der Waals surface area contributed by atoms with Crippen molar-refractivity contribution in [2.24, 2.45) is 5.73 Å². The quantitative estimate of drug-likeness (QED) is 0.426. The monoisotopic (exact) mass is 233 g/mol. The Morgan fingerprint density at radius 2 is 1.94 bits per heavy atom. The average molecular weight is 233 g/mol. The molecule has 0 saturated heterocycles. The third kappa shape index (κ3) is 5.15. The molecule has 0 aliphatic carbocycles. The van der Waals surface area contributed by atoms with Crippen LogP contribution in [0.4, 0.5) is 4.79 Å². The molecule has 0 rings (SSSR count). The van der Waals surface area contributed by atoms with Crippen molar-refractivity contribution < 1.29 is 24.6 Å². The summed E-state index contributed by atoms with van der Waals surface area (Å²) in [5.41, 5.74) is 6.96. The van der Waals surface area contributed by atoms with E-state index in [9.17, 15) is 14.4 Å². The van der Waals surface area contributed by atoms with Gasteiger partial charge in [0.05, 0.1) is 6.42 Å². The van der Waals surface area contributed by atoms with Gasteiger partial charge in [0.1, 0.15) is 6.04 Å². The van der Waals surface area contributed by atoms with Crippen LogP contribution in [0, 0.1) is 0 Å². The smallest absolute Gasteiger partial charge is 0.326 e. The Labute approximate surface area is 92.0 Å². The maximum atomic E-state index is 10.8. The largest absolute Gasteiger partial charge is 0.481 e. The van der Waals surface area contributed by atoms with Gasteiger partial charge in [0.15, 0.2) is 0 Å². The van der Waals surface area contributed by atoms with Crippen molar-refractivity contribution >= 4 is 18.0 Å². The molecule has 0 aromatic rings.